The van der Waals surface area contributed by atoms with Gasteiger partial charge in [0.1, 0.15) is 0 Å². The number of alkyl halides is 4. The predicted octanol–water partition coefficient (Wildman–Crippen LogP) is 8.96. The summed E-state index contributed by atoms with van der Waals surface area (Å²) in [6.45, 7) is 7.33. The van der Waals surface area contributed by atoms with Crippen molar-refractivity contribution in [1.82, 2.24) is 14.8 Å². The molecule has 0 radical (unpaired) electrons. The molecule has 1 aliphatic heterocycles. The fourth-order valence-corrected chi connectivity index (χ4v) is 524. The molecule has 2 atom stereocenters. The van der Waals surface area contributed by atoms with Crippen molar-refractivity contribution in [3.8, 4) is 0 Å². The van der Waals surface area contributed by atoms with E-state index in [0.29, 0.717) is 22.3 Å². The Labute approximate surface area is 336 Å². The molecule has 0 fully saturated rings. The van der Waals surface area contributed by atoms with E-state index in [1.54, 1.807) is 5.56 Å². The first-order chi connectivity index (χ1) is 14.8. The molecular formula is C10H14I18N4-2. The molecule has 32 heavy (non-hydrogen) atoms. The van der Waals surface area contributed by atoms with Gasteiger partial charge in [0.05, 0.1) is 0 Å². The van der Waals surface area contributed by atoms with Crippen LogP contribution < -0.4 is 31.9 Å². The molecule has 4 nitrogen and oxygen atoms in total. The molecule has 1 aliphatic rings. The first kappa shape index (κ1) is 40.3. The molecule has 0 aliphatic carbocycles. The van der Waals surface area contributed by atoms with Crippen LogP contribution in [0.4, 0.5) is 5.82 Å². The summed E-state index contributed by atoms with van der Waals surface area (Å²) in [6.07, 6.45) is 0. The van der Waals surface area contributed by atoms with E-state index in [1.165, 1.54) is 11.5 Å². The predicted molar refractivity (Wildman–Crippen MR) is 277 cm³/mol. The van der Waals surface area contributed by atoms with Crippen molar-refractivity contribution < 1.29 is 26.5 Å². The molecule has 1 N–H and O–H groups in total. The van der Waals surface area contributed by atoms with Gasteiger partial charge >= 0.3 is 350 Å². The van der Waals surface area contributed by atoms with Crippen molar-refractivity contribution in [2.24, 2.45) is 7.05 Å². The van der Waals surface area contributed by atoms with Crippen LogP contribution in [0.15, 0.2) is 0 Å². The van der Waals surface area contributed by atoms with E-state index in [1.807, 2.05) is 0 Å². The van der Waals surface area contributed by atoms with Crippen molar-refractivity contribution in [1.29, 1.82) is 0 Å². The molecular weight excluding hydrogens is 2460 g/mol. The first-order valence-electron chi connectivity index (χ1n) is 7.46. The van der Waals surface area contributed by atoms with Crippen molar-refractivity contribution in [2.75, 3.05) is 5.43 Å². The minimum absolute atomic E-state index is 0.247. The summed E-state index contributed by atoms with van der Waals surface area (Å²) in [5.41, 5.74) is 7.32. The number of aromatic nitrogens is 2. The van der Waals surface area contributed by atoms with Gasteiger partial charge in [-0.2, -0.15) is 0 Å². The average molecular weight is 2470 g/mol. The summed E-state index contributed by atoms with van der Waals surface area (Å²) >= 11 is 25.9. The zero-order valence-electron chi connectivity index (χ0n) is 15.7. The van der Waals surface area contributed by atoms with Crippen molar-refractivity contribution in [3.05, 3.63) is 11.3 Å². The van der Waals surface area contributed by atoms with Crippen LogP contribution >= 0.6 is 249 Å². The number of hydrogen-bond donors (Lipinski definition) is 1. The van der Waals surface area contributed by atoms with E-state index in [9.17, 15) is 0 Å². The zero-order chi connectivity index (χ0) is 24.8. The summed E-state index contributed by atoms with van der Waals surface area (Å²) in [5.74, 6) is 1.25. The summed E-state index contributed by atoms with van der Waals surface area (Å²) in [5, 5.41) is 8.08. The summed E-state index contributed by atoms with van der Waals surface area (Å²) < 4.78 is 3.25. The Morgan fingerprint density at radius 2 is 1.53 bits per heavy atom. The summed E-state index contributed by atoms with van der Waals surface area (Å²) in [4.78, 5) is 0. The fourth-order valence-electron chi connectivity index (χ4n) is 2.92. The molecule has 22 heteroatoms. The minimum atomic E-state index is -1.33. The number of hydrogen-bond acceptors (Lipinski definition) is 3. The maximum atomic E-state index is 5.17. The number of rotatable bonds is 9. The molecule has 0 saturated heterocycles. The van der Waals surface area contributed by atoms with Crippen LogP contribution in [-0.2, 0) is 8.48 Å². The van der Waals surface area contributed by atoms with Gasteiger partial charge in [0.25, 0.3) is 0 Å². The number of fused-ring (bicyclic) bond motifs is 1. The van der Waals surface area contributed by atoms with Crippen LogP contribution in [0, 0.1) is 6.92 Å². The number of nitrogens with one attached hydrogen (secondary N) is 1. The standard InChI is InChI=1S/C10H14I18N4/c1-5(2)32-10(23(13)14,24(15)21-11)9(25(16)27(18)19,26(17)28(20)22-12)7-6(3)31(4)29-8(7)30-32/h5H,1-4H3,(H,29,30)/q-2. The number of aryl methyl sites for hydroxylation is 1. The van der Waals surface area contributed by atoms with Crippen molar-refractivity contribution >= 4 is 255 Å². The molecule has 0 spiro atoms. The number of nitrogens with zero attached hydrogens (tertiary/aromatic N) is 3. The van der Waals surface area contributed by atoms with Gasteiger partial charge < -0.3 is 0 Å². The van der Waals surface area contributed by atoms with Gasteiger partial charge in [0.2, 0.25) is 0 Å². The van der Waals surface area contributed by atoms with Crippen LogP contribution in [-0.4, -0.2) is 22.4 Å². The van der Waals surface area contributed by atoms with Crippen molar-refractivity contribution in [3.63, 3.8) is 0 Å². The van der Waals surface area contributed by atoms with E-state index in [0.717, 1.165) is 0 Å². The van der Waals surface area contributed by atoms with Crippen LogP contribution in [0.2, 0.25) is 0 Å². The van der Waals surface area contributed by atoms with Crippen LogP contribution in [0.25, 0.3) is 0 Å². The Bertz CT molecular complexity index is 790. The van der Waals surface area contributed by atoms with Gasteiger partial charge in [-0.1, -0.05) is 0 Å². The van der Waals surface area contributed by atoms with E-state index in [2.05, 4.69) is 229 Å². The van der Waals surface area contributed by atoms with Crippen LogP contribution in [0.1, 0.15) is 25.1 Å². The third-order valence-corrected chi connectivity index (χ3v) is 433. The Morgan fingerprint density at radius 1 is 0.969 bits per heavy atom. The molecule has 0 aromatic carbocycles. The SMILES string of the molecule is Cc1c2c(nn1C)NN(C(C)C)C(I(I)I)(I(I)[I-]I)C2(I(I)I(I)I)I(I)I(I)[I-]I. The van der Waals surface area contributed by atoms with Gasteiger partial charge in [0.15, 0.2) is 0 Å². The Hall–Kier alpha value is 12.1. The fraction of sp³-hybridized carbons (Fsp3) is 0.700. The molecule has 2 heterocycles. The zero-order valence-corrected chi connectivity index (χ0v) is 54.6. The molecule has 2 unspecified atom stereocenters. The molecule has 202 valence electrons. The van der Waals surface area contributed by atoms with Gasteiger partial charge in [-0.05, 0) is 0 Å². The van der Waals surface area contributed by atoms with E-state index in [4.69, 9.17) is 5.10 Å². The normalized spacial score (nSPS) is 26.6. The number of hydrazine groups is 1. The van der Waals surface area contributed by atoms with Crippen LogP contribution in [0.5, 0.6) is 0 Å². The molecule has 0 bridgehead atoms. The number of halogens is 18. The third kappa shape index (κ3) is 8.21. The average Bonchev–Trinajstić information content (AvgIpc) is 3.03. The molecule has 1 aromatic rings. The van der Waals surface area contributed by atoms with Gasteiger partial charge in [-0.15, -0.1) is 0 Å². The second-order valence-corrected chi connectivity index (χ2v) is 236. The Balaban J connectivity index is 3.22. The van der Waals surface area contributed by atoms with Gasteiger partial charge in [-0.3, -0.25) is 0 Å². The molecule has 1 aromatic heterocycles. The van der Waals surface area contributed by atoms with E-state index >= 15 is 0 Å². The van der Waals surface area contributed by atoms with Gasteiger partial charge in [-0.25, -0.2) is 0 Å². The second kappa shape index (κ2) is 18.6. The van der Waals surface area contributed by atoms with E-state index in [-0.39, 0.29) is 13.3 Å². The topological polar surface area (TPSA) is 33.1 Å². The molecule has 0 amide bonds. The van der Waals surface area contributed by atoms with Gasteiger partial charge in [0, 0.05) is 0 Å². The maximum absolute atomic E-state index is 5.17. The molecule has 2 rings (SSSR count). The summed E-state index contributed by atoms with van der Waals surface area (Å²) in [6, 6.07) is 0.522. The molecule has 0 saturated carbocycles. The Morgan fingerprint density at radius 3 is 1.94 bits per heavy atom. The van der Waals surface area contributed by atoms with Crippen LogP contribution in [0.3, 0.4) is 0 Å². The Kier molecular flexibility index (Phi) is 23.4. The first-order valence-corrected chi connectivity index (χ1v) is 99.8. The number of anilines is 1. The van der Waals surface area contributed by atoms with Crippen molar-refractivity contribution in [2.45, 2.75) is 29.8 Å². The quantitative estimate of drug-likeness (QED) is 0.153. The monoisotopic (exact) mass is 2470 g/mol. The van der Waals surface area contributed by atoms with E-state index < -0.39 is 63.3 Å². The summed E-state index contributed by atoms with van der Waals surface area (Å²) in [7, 11) is 0.282. The third-order valence-electron chi connectivity index (χ3n) is 4.12. The second-order valence-electron chi connectivity index (χ2n) is 5.84.